The Morgan fingerprint density at radius 3 is 1.89 bits per heavy atom. The summed E-state index contributed by atoms with van der Waals surface area (Å²) < 4.78 is 16.5. The summed E-state index contributed by atoms with van der Waals surface area (Å²) >= 11 is 0. The van der Waals surface area contributed by atoms with Gasteiger partial charge in [0.05, 0.1) is 13.2 Å². The molecule has 0 aromatic heterocycles. The van der Waals surface area contributed by atoms with E-state index in [9.17, 15) is 9.59 Å². The van der Waals surface area contributed by atoms with E-state index in [0.717, 1.165) is 12.8 Å². The molecule has 158 valence electrons. The molecule has 0 heterocycles. The van der Waals surface area contributed by atoms with Gasteiger partial charge in [-0.2, -0.15) is 0 Å². The summed E-state index contributed by atoms with van der Waals surface area (Å²) in [6.07, 6.45) is 4.17. The Morgan fingerprint density at radius 2 is 1.52 bits per heavy atom. The van der Waals surface area contributed by atoms with Crippen LogP contribution in [0, 0.1) is 11.8 Å². The molecule has 27 heavy (non-hydrogen) atoms. The Bertz CT molecular complexity index is 463. The zero-order valence-electron chi connectivity index (χ0n) is 18.6. The predicted molar refractivity (Wildman–Crippen MR) is 112 cm³/mol. The van der Waals surface area contributed by atoms with Crippen LogP contribution >= 0.6 is 0 Å². The van der Waals surface area contributed by atoms with E-state index in [1.807, 2.05) is 0 Å². The lowest BCUT2D eigenvalue weighted by Gasteiger charge is -2.38. The molecule has 0 fully saturated rings. The summed E-state index contributed by atoms with van der Waals surface area (Å²) in [4.78, 5) is 24.5. The quantitative estimate of drug-likeness (QED) is 0.197. The lowest BCUT2D eigenvalue weighted by Crippen LogP contribution is -2.43. The Hall–Kier alpha value is -1.14. The zero-order valence-corrected chi connectivity index (χ0v) is 19.6. The smallest absolute Gasteiger partial charge is 0.320 e. The Kier molecular flexibility index (Phi) is 11.2. The van der Waals surface area contributed by atoms with Gasteiger partial charge < -0.3 is 13.9 Å². The SMILES string of the molecule is C=CC(CCCC(C)O[Si](C)(C)C(C)(C)C)C(C(=O)OCC)C(=O)OCC. The third-order valence-corrected chi connectivity index (χ3v) is 9.87. The standard InChI is InChI=1S/C21H40O5Si/c1-10-17(18(19(22)24-11-2)20(23)25-12-3)15-13-14-16(4)26-27(8,9)21(5,6)7/h10,16-18H,1,11-15H2,2-9H3. The molecule has 0 aliphatic rings. The molecule has 0 amide bonds. The second kappa shape index (κ2) is 11.6. The van der Waals surface area contributed by atoms with Gasteiger partial charge in [-0.15, -0.1) is 6.58 Å². The molecule has 0 bridgehead atoms. The van der Waals surface area contributed by atoms with Crippen LogP contribution in [0.3, 0.4) is 0 Å². The second-order valence-electron chi connectivity index (χ2n) is 8.50. The van der Waals surface area contributed by atoms with E-state index in [-0.39, 0.29) is 30.3 Å². The molecule has 0 aliphatic carbocycles. The van der Waals surface area contributed by atoms with Crippen LogP contribution in [0.4, 0.5) is 0 Å². The molecule has 6 heteroatoms. The van der Waals surface area contributed by atoms with Crippen molar-refractivity contribution in [1.82, 2.24) is 0 Å². The highest BCUT2D eigenvalue weighted by Crippen LogP contribution is 2.37. The average molecular weight is 401 g/mol. The highest BCUT2D eigenvalue weighted by molar-refractivity contribution is 6.74. The van der Waals surface area contributed by atoms with Gasteiger partial charge in [-0.25, -0.2) is 0 Å². The van der Waals surface area contributed by atoms with Gasteiger partial charge in [-0.05, 0) is 51.7 Å². The number of ether oxygens (including phenoxy) is 2. The molecule has 0 aromatic carbocycles. The van der Waals surface area contributed by atoms with Gasteiger partial charge >= 0.3 is 11.9 Å². The van der Waals surface area contributed by atoms with Crippen molar-refractivity contribution in [3.8, 4) is 0 Å². The monoisotopic (exact) mass is 400 g/mol. The molecular formula is C21H40O5Si. The van der Waals surface area contributed by atoms with Crippen LogP contribution in [0.5, 0.6) is 0 Å². The van der Waals surface area contributed by atoms with Gasteiger partial charge in [-0.3, -0.25) is 9.59 Å². The van der Waals surface area contributed by atoms with Crippen molar-refractivity contribution < 1.29 is 23.5 Å². The highest BCUT2D eigenvalue weighted by Gasteiger charge is 2.39. The molecular weight excluding hydrogens is 360 g/mol. The lowest BCUT2D eigenvalue weighted by molar-refractivity contribution is -0.163. The second-order valence-corrected chi connectivity index (χ2v) is 13.3. The normalized spacial score (nSPS) is 14.6. The van der Waals surface area contributed by atoms with Crippen molar-refractivity contribution in [1.29, 1.82) is 0 Å². The summed E-state index contributed by atoms with van der Waals surface area (Å²) in [5.74, 6) is -2.32. The van der Waals surface area contributed by atoms with Crippen LogP contribution in [0.15, 0.2) is 12.7 Å². The van der Waals surface area contributed by atoms with Crippen molar-refractivity contribution in [3.05, 3.63) is 12.7 Å². The molecule has 0 N–H and O–H groups in total. The fourth-order valence-electron chi connectivity index (χ4n) is 2.71. The Balaban J connectivity index is 4.86. The summed E-state index contributed by atoms with van der Waals surface area (Å²) in [7, 11) is -1.80. The largest absolute Gasteiger partial charge is 0.465 e. The molecule has 0 saturated heterocycles. The van der Waals surface area contributed by atoms with Crippen LogP contribution < -0.4 is 0 Å². The molecule has 0 aromatic rings. The number of hydrogen-bond acceptors (Lipinski definition) is 5. The molecule has 0 rings (SSSR count). The Labute approximate surface area is 167 Å². The minimum absolute atomic E-state index is 0.139. The minimum atomic E-state index is -1.80. The van der Waals surface area contributed by atoms with E-state index in [4.69, 9.17) is 13.9 Å². The third kappa shape index (κ3) is 8.60. The van der Waals surface area contributed by atoms with E-state index in [2.05, 4.69) is 47.4 Å². The topological polar surface area (TPSA) is 61.8 Å². The molecule has 0 aliphatic heterocycles. The molecule has 2 unspecified atom stereocenters. The van der Waals surface area contributed by atoms with Gasteiger partial charge in [0.25, 0.3) is 0 Å². The summed E-state index contributed by atoms with van der Waals surface area (Å²) in [6, 6.07) is 0. The van der Waals surface area contributed by atoms with Crippen LogP contribution in [0.2, 0.25) is 18.1 Å². The van der Waals surface area contributed by atoms with E-state index >= 15 is 0 Å². The maximum atomic E-state index is 12.3. The maximum absolute atomic E-state index is 12.3. The van der Waals surface area contributed by atoms with E-state index in [1.54, 1.807) is 19.9 Å². The first-order chi connectivity index (χ1) is 12.4. The van der Waals surface area contributed by atoms with Crippen LogP contribution in [-0.2, 0) is 23.5 Å². The molecule has 0 radical (unpaired) electrons. The minimum Gasteiger partial charge on any atom is -0.465 e. The number of carbonyl (C=O) groups excluding carboxylic acids is 2. The molecule has 5 nitrogen and oxygen atoms in total. The summed E-state index contributed by atoms with van der Waals surface area (Å²) in [5, 5.41) is 0.170. The van der Waals surface area contributed by atoms with Gasteiger partial charge in [0.2, 0.25) is 0 Å². The van der Waals surface area contributed by atoms with Gasteiger partial charge in [0.1, 0.15) is 0 Å². The third-order valence-electron chi connectivity index (χ3n) is 5.26. The number of carbonyl (C=O) groups is 2. The van der Waals surface area contributed by atoms with Gasteiger partial charge in [0.15, 0.2) is 14.2 Å². The first kappa shape index (κ1) is 25.9. The van der Waals surface area contributed by atoms with E-state index < -0.39 is 26.2 Å². The van der Waals surface area contributed by atoms with Crippen molar-refractivity contribution in [2.24, 2.45) is 11.8 Å². The first-order valence-corrected chi connectivity index (χ1v) is 13.0. The summed E-state index contributed by atoms with van der Waals surface area (Å²) in [5.41, 5.74) is 0. The average Bonchev–Trinajstić information content (AvgIpc) is 2.52. The van der Waals surface area contributed by atoms with Crippen LogP contribution in [-0.4, -0.2) is 39.6 Å². The van der Waals surface area contributed by atoms with Crippen molar-refractivity contribution in [3.63, 3.8) is 0 Å². The van der Waals surface area contributed by atoms with Crippen LogP contribution in [0.25, 0.3) is 0 Å². The summed E-state index contributed by atoms with van der Waals surface area (Å²) in [6.45, 7) is 21.0. The van der Waals surface area contributed by atoms with Gasteiger partial charge in [0, 0.05) is 12.0 Å². The molecule has 2 atom stereocenters. The van der Waals surface area contributed by atoms with E-state index in [1.165, 1.54) is 0 Å². The number of allylic oxidation sites excluding steroid dienone is 1. The van der Waals surface area contributed by atoms with E-state index in [0.29, 0.717) is 6.42 Å². The number of hydrogen-bond donors (Lipinski definition) is 0. The predicted octanol–water partition coefficient (Wildman–Crippen LogP) is 5.11. The molecule has 0 saturated carbocycles. The van der Waals surface area contributed by atoms with Crippen molar-refractivity contribution in [2.45, 2.75) is 85.0 Å². The van der Waals surface area contributed by atoms with Gasteiger partial charge in [-0.1, -0.05) is 33.3 Å². The van der Waals surface area contributed by atoms with Crippen molar-refractivity contribution in [2.75, 3.05) is 13.2 Å². The Morgan fingerprint density at radius 1 is 1.04 bits per heavy atom. The fraction of sp³-hybridized carbons (Fsp3) is 0.810. The highest BCUT2D eigenvalue weighted by atomic mass is 28.4. The first-order valence-electron chi connectivity index (χ1n) is 10.0. The maximum Gasteiger partial charge on any atom is 0.320 e. The number of esters is 2. The zero-order chi connectivity index (χ0) is 21.3. The fourth-order valence-corrected chi connectivity index (χ4v) is 4.19. The molecule has 0 spiro atoms. The lowest BCUT2D eigenvalue weighted by atomic mass is 9.87. The van der Waals surface area contributed by atoms with Crippen molar-refractivity contribution >= 4 is 20.3 Å². The number of rotatable bonds is 12. The van der Waals surface area contributed by atoms with Crippen LogP contribution in [0.1, 0.15) is 60.8 Å².